The highest BCUT2D eigenvalue weighted by molar-refractivity contribution is 14.0. The quantitative estimate of drug-likeness (QED) is 0.369. The van der Waals surface area contributed by atoms with Crippen molar-refractivity contribution in [2.45, 2.75) is 31.4 Å². The summed E-state index contributed by atoms with van der Waals surface area (Å²) in [5.74, 6) is 1.08. The lowest BCUT2D eigenvalue weighted by Crippen LogP contribution is -2.22. The Morgan fingerprint density at radius 2 is 1.69 bits per heavy atom. The number of anilines is 1. The van der Waals surface area contributed by atoms with E-state index in [4.69, 9.17) is 10.5 Å². The second kappa shape index (κ2) is 9.77. The van der Waals surface area contributed by atoms with Gasteiger partial charge in [0.1, 0.15) is 5.75 Å². The Morgan fingerprint density at radius 1 is 1.12 bits per heavy atom. The molecule has 0 bridgehead atoms. The maximum absolute atomic E-state index is 11.4. The summed E-state index contributed by atoms with van der Waals surface area (Å²) >= 11 is 0. The summed E-state index contributed by atoms with van der Waals surface area (Å²) in [4.78, 5) is 4.54. The fourth-order valence-corrected chi connectivity index (χ4v) is 2.73. The number of benzene rings is 2. The van der Waals surface area contributed by atoms with Gasteiger partial charge in [0.2, 0.25) is 0 Å². The summed E-state index contributed by atoms with van der Waals surface area (Å²) < 4.78 is 28.4. The van der Waals surface area contributed by atoms with Crippen LogP contribution in [0.4, 0.5) is 5.69 Å². The molecule has 0 radical (unpaired) electrons. The smallest absolute Gasteiger partial charge is 0.193 e. The van der Waals surface area contributed by atoms with Gasteiger partial charge in [-0.05, 0) is 55.8 Å². The molecule has 2 aromatic carbocycles. The first-order chi connectivity index (χ1) is 11.7. The van der Waals surface area contributed by atoms with E-state index in [0.29, 0.717) is 6.54 Å². The molecule has 142 valence electrons. The van der Waals surface area contributed by atoms with Gasteiger partial charge in [-0.15, -0.1) is 24.0 Å². The Balaban J connectivity index is 0.00000338. The van der Waals surface area contributed by atoms with Crippen LogP contribution < -0.4 is 15.8 Å². The number of guanidine groups is 1. The molecule has 0 aromatic heterocycles. The molecular weight excluding hydrogens is 465 g/mol. The minimum Gasteiger partial charge on any atom is -0.491 e. The van der Waals surface area contributed by atoms with E-state index in [9.17, 15) is 8.42 Å². The van der Waals surface area contributed by atoms with E-state index in [1.165, 1.54) is 6.26 Å². The molecule has 3 N–H and O–H groups in total. The second-order valence-corrected chi connectivity index (χ2v) is 7.95. The van der Waals surface area contributed by atoms with Gasteiger partial charge in [-0.2, -0.15) is 0 Å². The van der Waals surface area contributed by atoms with Gasteiger partial charge in [-0.1, -0.05) is 12.1 Å². The molecule has 26 heavy (non-hydrogen) atoms. The Kier molecular flexibility index (Phi) is 8.35. The van der Waals surface area contributed by atoms with E-state index >= 15 is 0 Å². The molecule has 2 aromatic rings. The molecule has 0 unspecified atom stereocenters. The van der Waals surface area contributed by atoms with E-state index < -0.39 is 9.84 Å². The van der Waals surface area contributed by atoms with Crippen molar-refractivity contribution in [3.8, 4) is 5.75 Å². The van der Waals surface area contributed by atoms with Crippen LogP contribution in [0.2, 0.25) is 0 Å². The fraction of sp³-hybridized carbons (Fsp3) is 0.278. The summed E-state index contributed by atoms with van der Waals surface area (Å²) in [5.41, 5.74) is 7.57. The highest BCUT2D eigenvalue weighted by Gasteiger charge is 2.06. The number of aliphatic imine (C=N–C) groups is 1. The third-order valence-electron chi connectivity index (χ3n) is 3.28. The molecule has 6 nitrogen and oxygen atoms in total. The zero-order valence-electron chi connectivity index (χ0n) is 15.0. The zero-order chi connectivity index (χ0) is 18.4. The van der Waals surface area contributed by atoms with Crippen LogP contribution in [0.3, 0.4) is 0 Å². The first-order valence-corrected chi connectivity index (χ1v) is 9.76. The van der Waals surface area contributed by atoms with E-state index in [1.807, 2.05) is 38.1 Å². The number of nitrogens with two attached hydrogens (primary N) is 1. The highest BCUT2D eigenvalue weighted by Crippen LogP contribution is 2.17. The van der Waals surface area contributed by atoms with Crippen LogP contribution >= 0.6 is 24.0 Å². The average Bonchev–Trinajstić information content (AvgIpc) is 2.54. The van der Waals surface area contributed by atoms with Gasteiger partial charge in [0.25, 0.3) is 0 Å². The molecule has 0 saturated heterocycles. The van der Waals surface area contributed by atoms with Crippen LogP contribution in [0.25, 0.3) is 0 Å². The average molecular weight is 489 g/mol. The number of sulfone groups is 1. The monoisotopic (exact) mass is 489 g/mol. The van der Waals surface area contributed by atoms with E-state index in [2.05, 4.69) is 10.3 Å². The van der Waals surface area contributed by atoms with Gasteiger partial charge >= 0.3 is 0 Å². The first-order valence-electron chi connectivity index (χ1n) is 7.87. The van der Waals surface area contributed by atoms with Crippen LogP contribution in [-0.4, -0.2) is 26.7 Å². The number of rotatable bonds is 6. The summed E-state index contributed by atoms with van der Waals surface area (Å²) in [6.07, 6.45) is 1.30. The van der Waals surface area contributed by atoms with Gasteiger partial charge in [0.05, 0.1) is 17.5 Å². The number of hydrogen-bond donors (Lipinski definition) is 2. The zero-order valence-corrected chi connectivity index (χ0v) is 18.1. The number of nitrogens with zero attached hydrogens (tertiary/aromatic N) is 1. The van der Waals surface area contributed by atoms with Crippen molar-refractivity contribution >= 4 is 45.5 Å². The molecule has 0 saturated carbocycles. The maximum atomic E-state index is 11.4. The molecule has 0 aliphatic carbocycles. The number of nitrogens with one attached hydrogen (secondary N) is 1. The van der Waals surface area contributed by atoms with Crippen molar-refractivity contribution in [2.24, 2.45) is 10.7 Å². The van der Waals surface area contributed by atoms with Crippen LogP contribution in [0, 0.1) is 0 Å². The summed E-state index contributed by atoms with van der Waals surface area (Å²) in [5, 5.41) is 3.00. The van der Waals surface area contributed by atoms with Crippen LogP contribution in [0.1, 0.15) is 19.4 Å². The number of halogens is 1. The van der Waals surface area contributed by atoms with E-state index in [1.54, 1.807) is 24.3 Å². The molecule has 0 fully saturated rings. The van der Waals surface area contributed by atoms with Crippen LogP contribution in [0.15, 0.2) is 58.4 Å². The molecule has 8 heteroatoms. The third-order valence-corrected chi connectivity index (χ3v) is 4.41. The largest absolute Gasteiger partial charge is 0.491 e. The molecule has 0 spiro atoms. The lowest BCUT2D eigenvalue weighted by molar-refractivity contribution is 0.242. The predicted molar refractivity (Wildman–Crippen MR) is 116 cm³/mol. The summed E-state index contributed by atoms with van der Waals surface area (Å²) in [6, 6.07) is 14.0. The Morgan fingerprint density at radius 3 is 2.19 bits per heavy atom. The van der Waals surface area contributed by atoms with Gasteiger partial charge < -0.3 is 15.8 Å². The van der Waals surface area contributed by atoms with E-state index in [0.717, 1.165) is 17.0 Å². The highest BCUT2D eigenvalue weighted by atomic mass is 127. The van der Waals surface area contributed by atoms with E-state index in [-0.39, 0.29) is 40.9 Å². The Labute approximate surface area is 171 Å². The fourth-order valence-electron chi connectivity index (χ4n) is 2.09. The van der Waals surface area contributed by atoms with Crippen molar-refractivity contribution in [1.82, 2.24) is 0 Å². The third kappa shape index (κ3) is 7.20. The Bertz CT molecular complexity index is 833. The minimum absolute atomic E-state index is 0. The minimum atomic E-state index is -3.19. The van der Waals surface area contributed by atoms with Crippen molar-refractivity contribution in [2.75, 3.05) is 11.6 Å². The standard InChI is InChI=1S/C18H23N3O3S.HI/c1-13(2)24-16-8-6-15(7-9-16)21-18(19)20-12-14-4-10-17(11-5-14)25(3,22)23;/h4-11,13H,12H2,1-3H3,(H3,19,20,21);1H. The molecule has 0 aliphatic rings. The Hall–Kier alpha value is -1.81. The first kappa shape index (κ1) is 22.2. The van der Waals surface area contributed by atoms with Gasteiger partial charge in [-0.25, -0.2) is 13.4 Å². The summed E-state index contributed by atoms with van der Waals surface area (Å²) in [7, 11) is -3.19. The van der Waals surface area contributed by atoms with Gasteiger partial charge in [0, 0.05) is 11.9 Å². The van der Waals surface area contributed by atoms with Crippen LogP contribution in [-0.2, 0) is 16.4 Å². The maximum Gasteiger partial charge on any atom is 0.193 e. The molecule has 0 heterocycles. The molecule has 2 rings (SSSR count). The van der Waals surface area contributed by atoms with Gasteiger partial charge in [0.15, 0.2) is 15.8 Å². The lowest BCUT2D eigenvalue weighted by Gasteiger charge is -2.11. The van der Waals surface area contributed by atoms with Crippen LogP contribution in [0.5, 0.6) is 5.75 Å². The number of ether oxygens (including phenoxy) is 1. The molecule has 0 amide bonds. The summed E-state index contributed by atoms with van der Waals surface area (Å²) in [6.45, 7) is 4.30. The van der Waals surface area contributed by atoms with Crippen molar-refractivity contribution in [3.63, 3.8) is 0 Å². The molecule has 0 aliphatic heterocycles. The topological polar surface area (TPSA) is 93.8 Å². The number of hydrogen-bond acceptors (Lipinski definition) is 4. The second-order valence-electron chi connectivity index (χ2n) is 5.93. The van der Waals surface area contributed by atoms with Crippen molar-refractivity contribution in [3.05, 3.63) is 54.1 Å². The predicted octanol–water partition coefficient (Wildman–Crippen LogP) is 3.42. The normalized spacial score (nSPS) is 11.8. The van der Waals surface area contributed by atoms with Gasteiger partial charge in [-0.3, -0.25) is 0 Å². The van der Waals surface area contributed by atoms with Crippen molar-refractivity contribution in [1.29, 1.82) is 0 Å². The van der Waals surface area contributed by atoms with Crippen molar-refractivity contribution < 1.29 is 13.2 Å². The molecular formula is C18H24IN3O3S. The SMILES string of the molecule is CC(C)Oc1ccc(NC(N)=NCc2ccc(S(C)(=O)=O)cc2)cc1.I. The molecule has 0 atom stereocenters. The lowest BCUT2D eigenvalue weighted by atomic mass is 10.2.